The molecular weight excluding hydrogens is 316 g/mol. The Morgan fingerprint density at radius 1 is 1.20 bits per heavy atom. The van der Waals surface area contributed by atoms with E-state index in [-0.39, 0.29) is 17.7 Å². The number of likely N-dealkylation sites (tertiary alicyclic amines) is 2. The average molecular weight is 336 g/mol. The Morgan fingerprint density at radius 3 is 2.72 bits per heavy atom. The highest BCUT2D eigenvalue weighted by atomic mass is 16.2. The van der Waals surface area contributed by atoms with Crippen molar-refractivity contribution in [3.05, 3.63) is 59.9 Å². The molecule has 128 valence electrons. The number of carbonyl (C=O) groups is 2. The second-order valence-electron chi connectivity index (χ2n) is 6.91. The molecule has 1 aromatic heterocycles. The zero-order chi connectivity index (χ0) is 17.4. The zero-order valence-electron chi connectivity index (χ0n) is 14.1. The summed E-state index contributed by atoms with van der Waals surface area (Å²) < 4.78 is 0. The SMILES string of the molecule is CN1C[C@H](c2ccccc2)[C@]2(CCN(C(=O)c3ccnnc3)C2)C1=O. The van der Waals surface area contributed by atoms with Crippen molar-refractivity contribution < 1.29 is 9.59 Å². The molecule has 2 fully saturated rings. The molecule has 0 saturated carbocycles. The Hall–Kier alpha value is -2.76. The third kappa shape index (κ3) is 2.49. The first kappa shape index (κ1) is 15.7. The van der Waals surface area contributed by atoms with Gasteiger partial charge in [0.1, 0.15) is 0 Å². The van der Waals surface area contributed by atoms with E-state index in [1.165, 1.54) is 18.0 Å². The molecule has 6 nitrogen and oxygen atoms in total. The summed E-state index contributed by atoms with van der Waals surface area (Å²) in [5.41, 5.74) is 1.16. The van der Waals surface area contributed by atoms with Gasteiger partial charge in [-0.2, -0.15) is 10.2 Å². The molecule has 4 rings (SSSR count). The van der Waals surface area contributed by atoms with Gasteiger partial charge in [-0.05, 0) is 18.1 Å². The predicted octanol–water partition coefficient (Wildman–Crippen LogP) is 1.56. The third-order valence-electron chi connectivity index (χ3n) is 5.52. The molecule has 6 heteroatoms. The number of likely N-dealkylation sites (N-methyl/N-ethyl adjacent to an activating group) is 1. The first-order chi connectivity index (χ1) is 12.1. The number of hydrogen-bond donors (Lipinski definition) is 0. The highest BCUT2D eigenvalue weighted by Gasteiger charge is 2.57. The van der Waals surface area contributed by atoms with Crippen molar-refractivity contribution >= 4 is 11.8 Å². The zero-order valence-corrected chi connectivity index (χ0v) is 14.1. The molecule has 0 bridgehead atoms. The van der Waals surface area contributed by atoms with E-state index in [1.807, 2.05) is 25.2 Å². The van der Waals surface area contributed by atoms with E-state index in [4.69, 9.17) is 0 Å². The Bertz CT molecular complexity index is 796. The number of amides is 2. The molecular formula is C19H20N4O2. The van der Waals surface area contributed by atoms with Crippen molar-refractivity contribution in [3.63, 3.8) is 0 Å². The minimum Gasteiger partial charge on any atom is -0.345 e. The minimum absolute atomic E-state index is 0.0825. The van der Waals surface area contributed by atoms with Crippen molar-refractivity contribution in [2.45, 2.75) is 12.3 Å². The molecule has 1 aromatic carbocycles. The maximum absolute atomic E-state index is 13.0. The van der Waals surface area contributed by atoms with Gasteiger partial charge in [0.25, 0.3) is 5.91 Å². The van der Waals surface area contributed by atoms with Crippen molar-refractivity contribution in [3.8, 4) is 0 Å². The van der Waals surface area contributed by atoms with E-state index < -0.39 is 5.41 Å². The molecule has 25 heavy (non-hydrogen) atoms. The molecule has 0 aliphatic carbocycles. The van der Waals surface area contributed by atoms with Gasteiger partial charge in [0.2, 0.25) is 5.91 Å². The highest BCUT2D eigenvalue weighted by molar-refractivity contribution is 5.95. The molecule has 2 aliphatic heterocycles. The highest BCUT2D eigenvalue weighted by Crippen LogP contribution is 2.49. The molecule has 2 aromatic rings. The fraction of sp³-hybridized carbons (Fsp3) is 0.368. The van der Waals surface area contributed by atoms with Crippen LogP contribution in [0, 0.1) is 5.41 Å². The summed E-state index contributed by atoms with van der Waals surface area (Å²) in [7, 11) is 1.85. The molecule has 2 amide bonds. The van der Waals surface area contributed by atoms with Gasteiger partial charge in [-0.25, -0.2) is 0 Å². The Morgan fingerprint density at radius 2 is 2.00 bits per heavy atom. The lowest BCUT2D eigenvalue weighted by Crippen LogP contribution is -2.39. The number of rotatable bonds is 2. The van der Waals surface area contributed by atoms with E-state index in [0.717, 1.165) is 0 Å². The number of hydrogen-bond acceptors (Lipinski definition) is 4. The number of carbonyl (C=O) groups excluding carboxylic acids is 2. The fourth-order valence-electron chi connectivity index (χ4n) is 4.24. The molecule has 1 spiro atoms. The number of benzene rings is 1. The smallest absolute Gasteiger partial charge is 0.255 e. The van der Waals surface area contributed by atoms with Gasteiger partial charge in [-0.15, -0.1) is 0 Å². The van der Waals surface area contributed by atoms with Crippen molar-refractivity contribution in [2.24, 2.45) is 5.41 Å². The lowest BCUT2D eigenvalue weighted by Gasteiger charge is -2.28. The van der Waals surface area contributed by atoms with E-state index >= 15 is 0 Å². The van der Waals surface area contributed by atoms with E-state index in [9.17, 15) is 9.59 Å². The van der Waals surface area contributed by atoms with E-state index in [0.29, 0.717) is 31.6 Å². The fourth-order valence-corrected chi connectivity index (χ4v) is 4.24. The summed E-state index contributed by atoms with van der Waals surface area (Å²) >= 11 is 0. The van der Waals surface area contributed by atoms with Crippen molar-refractivity contribution in [1.29, 1.82) is 0 Å². The first-order valence-electron chi connectivity index (χ1n) is 8.48. The van der Waals surface area contributed by atoms with Gasteiger partial charge in [0.15, 0.2) is 0 Å². The van der Waals surface area contributed by atoms with Crippen LogP contribution in [-0.2, 0) is 4.79 Å². The van der Waals surface area contributed by atoms with Gasteiger partial charge in [-0.3, -0.25) is 9.59 Å². The molecule has 0 unspecified atom stereocenters. The molecule has 0 N–H and O–H groups in total. The van der Waals surface area contributed by atoms with Gasteiger partial charge in [-0.1, -0.05) is 30.3 Å². The van der Waals surface area contributed by atoms with Gasteiger partial charge < -0.3 is 9.80 Å². The van der Waals surface area contributed by atoms with Gasteiger partial charge in [0, 0.05) is 32.6 Å². The van der Waals surface area contributed by atoms with Crippen LogP contribution in [0.3, 0.4) is 0 Å². The summed E-state index contributed by atoms with van der Waals surface area (Å²) in [6.07, 6.45) is 3.69. The number of nitrogens with zero attached hydrogens (tertiary/aromatic N) is 4. The Labute approximate surface area is 146 Å². The third-order valence-corrected chi connectivity index (χ3v) is 5.52. The molecule has 3 heterocycles. The lowest BCUT2D eigenvalue weighted by atomic mass is 9.73. The first-order valence-corrected chi connectivity index (χ1v) is 8.48. The normalized spacial score (nSPS) is 25.8. The summed E-state index contributed by atoms with van der Waals surface area (Å²) in [6, 6.07) is 11.8. The standard InChI is InChI=1S/C19H20N4O2/c1-22-12-16(14-5-3-2-4-6-14)19(18(22)25)8-10-23(13-19)17(24)15-7-9-20-21-11-15/h2-7,9,11,16H,8,10,12-13H2,1H3/t16-,19-/m1/s1. The summed E-state index contributed by atoms with van der Waals surface area (Å²) in [6.45, 7) is 1.74. The number of aromatic nitrogens is 2. The lowest BCUT2D eigenvalue weighted by molar-refractivity contribution is -0.134. The van der Waals surface area contributed by atoms with Crippen LogP contribution in [0.15, 0.2) is 48.8 Å². The minimum atomic E-state index is -0.522. The second kappa shape index (κ2) is 5.95. The topological polar surface area (TPSA) is 66.4 Å². The Balaban J connectivity index is 1.64. The van der Waals surface area contributed by atoms with E-state index in [1.54, 1.807) is 15.9 Å². The van der Waals surface area contributed by atoms with Crippen LogP contribution in [0.1, 0.15) is 28.3 Å². The summed E-state index contributed by atoms with van der Waals surface area (Å²) in [4.78, 5) is 29.3. The average Bonchev–Trinajstić information content (AvgIpc) is 3.21. The molecule has 2 aliphatic rings. The second-order valence-corrected chi connectivity index (χ2v) is 6.91. The van der Waals surface area contributed by atoms with Crippen LogP contribution in [0.25, 0.3) is 0 Å². The van der Waals surface area contributed by atoms with Crippen LogP contribution in [0.2, 0.25) is 0 Å². The Kier molecular flexibility index (Phi) is 3.75. The maximum Gasteiger partial charge on any atom is 0.255 e. The quantitative estimate of drug-likeness (QED) is 0.835. The van der Waals surface area contributed by atoms with E-state index in [2.05, 4.69) is 22.3 Å². The van der Waals surface area contributed by atoms with Crippen molar-refractivity contribution in [2.75, 3.05) is 26.7 Å². The van der Waals surface area contributed by atoms with Gasteiger partial charge >= 0.3 is 0 Å². The summed E-state index contributed by atoms with van der Waals surface area (Å²) in [5, 5.41) is 7.50. The molecule has 2 atom stereocenters. The van der Waals surface area contributed by atoms with Crippen molar-refractivity contribution in [1.82, 2.24) is 20.0 Å². The summed E-state index contributed by atoms with van der Waals surface area (Å²) in [5.74, 6) is 0.171. The maximum atomic E-state index is 13.0. The van der Waals surface area contributed by atoms with Crippen LogP contribution in [0.5, 0.6) is 0 Å². The monoisotopic (exact) mass is 336 g/mol. The van der Waals surface area contributed by atoms with Crippen LogP contribution in [-0.4, -0.2) is 58.5 Å². The van der Waals surface area contributed by atoms with Crippen LogP contribution >= 0.6 is 0 Å². The van der Waals surface area contributed by atoms with Crippen LogP contribution < -0.4 is 0 Å². The molecule has 0 radical (unpaired) electrons. The van der Waals surface area contributed by atoms with Gasteiger partial charge in [0.05, 0.1) is 23.4 Å². The van der Waals surface area contributed by atoms with Crippen LogP contribution in [0.4, 0.5) is 0 Å². The molecule has 2 saturated heterocycles. The predicted molar refractivity (Wildman–Crippen MR) is 91.8 cm³/mol. The largest absolute Gasteiger partial charge is 0.345 e.